The van der Waals surface area contributed by atoms with Crippen LogP contribution >= 0.6 is 0 Å². The van der Waals surface area contributed by atoms with Crippen LogP contribution in [0.2, 0.25) is 0 Å². The first-order valence-corrected chi connectivity index (χ1v) is 8.25. The van der Waals surface area contributed by atoms with Crippen LogP contribution in [0.25, 0.3) is 0 Å². The van der Waals surface area contributed by atoms with Crippen molar-refractivity contribution in [2.24, 2.45) is 0 Å². The minimum absolute atomic E-state index is 0.193. The van der Waals surface area contributed by atoms with Gasteiger partial charge in [-0.2, -0.15) is 0 Å². The fourth-order valence-electron chi connectivity index (χ4n) is 2.76. The predicted octanol–water partition coefficient (Wildman–Crippen LogP) is 4.07. The van der Waals surface area contributed by atoms with Gasteiger partial charge in [-0.3, -0.25) is 0 Å². The summed E-state index contributed by atoms with van der Waals surface area (Å²) >= 11 is 0. The smallest absolute Gasteiger partial charge is 0.230 e. The normalized spacial score (nSPS) is 12.3. The Balaban J connectivity index is 1.80. The van der Waals surface area contributed by atoms with E-state index < -0.39 is 0 Å². The summed E-state index contributed by atoms with van der Waals surface area (Å²) in [5, 5.41) is 11.5. The molecule has 0 saturated carbocycles. The zero-order valence-electron chi connectivity index (χ0n) is 14.4. The first-order valence-electron chi connectivity index (χ1n) is 8.25. The summed E-state index contributed by atoms with van der Waals surface area (Å²) in [6.07, 6.45) is 0.913. The lowest BCUT2D eigenvalue weighted by molar-refractivity contribution is 0.421. The number of hydrogen-bond acceptors (Lipinski definition) is 4. The van der Waals surface area contributed by atoms with Crippen LogP contribution in [0.5, 0.6) is 0 Å². The average molecular weight is 321 g/mol. The standard InChI is InChI=1S/C20H23N3O/c1-14-9-10-18(11-15(14)2)19(12-17-7-5-4-6-8-17)21-13-20-23-22-16(3)24-20/h4-11,19,21H,12-13H2,1-3H3. The lowest BCUT2D eigenvalue weighted by Crippen LogP contribution is -2.23. The van der Waals surface area contributed by atoms with Gasteiger partial charge in [0.05, 0.1) is 6.54 Å². The molecule has 0 radical (unpaired) electrons. The van der Waals surface area contributed by atoms with Gasteiger partial charge >= 0.3 is 0 Å². The van der Waals surface area contributed by atoms with Crippen LogP contribution < -0.4 is 5.32 Å². The molecule has 0 aliphatic carbocycles. The molecular weight excluding hydrogens is 298 g/mol. The molecule has 0 saturated heterocycles. The van der Waals surface area contributed by atoms with Gasteiger partial charge in [-0.1, -0.05) is 48.5 Å². The molecule has 3 rings (SSSR count). The predicted molar refractivity (Wildman–Crippen MR) is 94.7 cm³/mol. The van der Waals surface area contributed by atoms with Gasteiger partial charge in [-0.15, -0.1) is 10.2 Å². The maximum absolute atomic E-state index is 5.48. The van der Waals surface area contributed by atoms with Crippen molar-refractivity contribution in [1.29, 1.82) is 0 Å². The molecule has 24 heavy (non-hydrogen) atoms. The van der Waals surface area contributed by atoms with Gasteiger partial charge in [-0.25, -0.2) is 0 Å². The van der Waals surface area contributed by atoms with Crippen molar-refractivity contribution in [2.75, 3.05) is 0 Å². The lowest BCUT2D eigenvalue weighted by Gasteiger charge is -2.20. The molecule has 2 aromatic carbocycles. The van der Waals surface area contributed by atoms with Crippen LogP contribution in [0.3, 0.4) is 0 Å². The molecule has 3 aromatic rings. The van der Waals surface area contributed by atoms with Crippen LogP contribution in [-0.2, 0) is 13.0 Å². The third-order valence-electron chi connectivity index (χ3n) is 4.28. The molecule has 0 spiro atoms. The quantitative estimate of drug-likeness (QED) is 0.743. The van der Waals surface area contributed by atoms with E-state index in [-0.39, 0.29) is 6.04 Å². The van der Waals surface area contributed by atoms with E-state index in [4.69, 9.17) is 4.42 Å². The maximum Gasteiger partial charge on any atom is 0.230 e. The second-order valence-electron chi connectivity index (χ2n) is 6.18. The Hall–Kier alpha value is -2.46. The maximum atomic E-state index is 5.48. The largest absolute Gasteiger partial charge is 0.424 e. The molecule has 124 valence electrons. The summed E-state index contributed by atoms with van der Waals surface area (Å²) in [7, 11) is 0. The number of hydrogen-bond donors (Lipinski definition) is 1. The Morgan fingerprint density at radius 2 is 1.75 bits per heavy atom. The highest BCUT2D eigenvalue weighted by molar-refractivity contribution is 5.33. The number of nitrogens with one attached hydrogen (secondary N) is 1. The van der Waals surface area contributed by atoms with Gasteiger partial charge in [0.25, 0.3) is 0 Å². The highest BCUT2D eigenvalue weighted by Crippen LogP contribution is 2.21. The minimum atomic E-state index is 0.193. The molecule has 1 unspecified atom stereocenters. The molecule has 0 amide bonds. The Bertz CT molecular complexity index is 796. The first kappa shape index (κ1) is 16.4. The van der Waals surface area contributed by atoms with Crippen molar-refractivity contribution in [3.63, 3.8) is 0 Å². The van der Waals surface area contributed by atoms with E-state index in [1.807, 2.05) is 6.07 Å². The second-order valence-corrected chi connectivity index (χ2v) is 6.18. The van der Waals surface area contributed by atoms with Gasteiger partial charge in [0.2, 0.25) is 11.8 Å². The van der Waals surface area contributed by atoms with Crippen LogP contribution in [0, 0.1) is 20.8 Å². The number of aryl methyl sites for hydroxylation is 3. The van der Waals surface area contributed by atoms with Gasteiger partial charge in [0.15, 0.2) is 0 Å². The highest BCUT2D eigenvalue weighted by atomic mass is 16.4. The third-order valence-corrected chi connectivity index (χ3v) is 4.28. The summed E-state index contributed by atoms with van der Waals surface area (Å²) in [5.41, 5.74) is 5.19. The zero-order chi connectivity index (χ0) is 16.9. The second kappa shape index (κ2) is 7.41. The SMILES string of the molecule is Cc1nnc(CNC(Cc2ccccc2)c2ccc(C)c(C)c2)o1. The number of aromatic nitrogens is 2. The van der Waals surface area contributed by atoms with Crippen molar-refractivity contribution in [2.45, 2.75) is 39.8 Å². The fourth-order valence-corrected chi connectivity index (χ4v) is 2.76. The van der Waals surface area contributed by atoms with Crippen molar-refractivity contribution >= 4 is 0 Å². The summed E-state index contributed by atoms with van der Waals surface area (Å²) in [6, 6.07) is 17.3. The van der Waals surface area contributed by atoms with E-state index in [0.29, 0.717) is 18.3 Å². The minimum Gasteiger partial charge on any atom is -0.424 e. The fraction of sp³-hybridized carbons (Fsp3) is 0.300. The van der Waals surface area contributed by atoms with E-state index in [0.717, 1.165) is 6.42 Å². The van der Waals surface area contributed by atoms with Gasteiger partial charge in [-0.05, 0) is 42.5 Å². The van der Waals surface area contributed by atoms with Gasteiger partial charge in [0.1, 0.15) is 0 Å². The molecular formula is C20H23N3O. The van der Waals surface area contributed by atoms with Crippen LogP contribution in [0.4, 0.5) is 0 Å². The van der Waals surface area contributed by atoms with Gasteiger partial charge in [0, 0.05) is 13.0 Å². The molecule has 0 aliphatic rings. The topological polar surface area (TPSA) is 51.0 Å². The van der Waals surface area contributed by atoms with Crippen molar-refractivity contribution in [3.05, 3.63) is 82.6 Å². The number of nitrogens with zero attached hydrogens (tertiary/aromatic N) is 2. The van der Waals surface area contributed by atoms with Crippen LogP contribution in [-0.4, -0.2) is 10.2 Å². The van der Waals surface area contributed by atoms with Crippen LogP contribution in [0.15, 0.2) is 52.9 Å². The van der Waals surface area contributed by atoms with Crippen molar-refractivity contribution in [1.82, 2.24) is 15.5 Å². The molecule has 1 N–H and O–H groups in total. The molecule has 0 aliphatic heterocycles. The summed E-state index contributed by atoms with van der Waals surface area (Å²) in [5.74, 6) is 1.21. The van der Waals surface area contributed by atoms with Gasteiger partial charge < -0.3 is 9.73 Å². The first-order chi connectivity index (χ1) is 11.6. The van der Waals surface area contributed by atoms with E-state index in [1.165, 1.54) is 22.3 Å². The summed E-state index contributed by atoms with van der Waals surface area (Å²) in [6.45, 7) is 6.66. The zero-order valence-corrected chi connectivity index (χ0v) is 14.4. The lowest BCUT2D eigenvalue weighted by atomic mass is 9.96. The molecule has 4 nitrogen and oxygen atoms in total. The molecule has 1 atom stereocenters. The monoisotopic (exact) mass is 321 g/mol. The van der Waals surface area contributed by atoms with Crippen LogP contribution in [0.1, 0.15) is 40.1 Å². The van der Waals surface area contributed by atoms with Crippen molar-refractivity contribution in [3.8, 4) is 0 Å². The summed E-state index contributed by atoms with van der Waals surface area (Å²) in [4.78, 5) is 0. The number of rotatable bonds is 6. The highest BCUT2D eigenvalue weighted by Gasteiger charge is 2.14. The van der Waals surface area contributed by atoms with E-state index >= 15 is 0 Å². The van der Waals surface area contributed by atoms with E-state index in [1.54, 1.807) is 6.92 Å². The molecule has 1 heterocycles. The Morgan fingerprint density at radius 3 is 2.42 bits per heavy atom. The number of benzene rings is 2. The average Bonchev–Trinajstić information content (AvgIpc) is 3.00. The molecule has 0 bridgehead atoms. The Morgan fingerprint density at radius 1 is 0.958 bits per heavy atom. The summed E-state index contributed by atoms with van der Waals surface area (Å²) < 4.78 is 5.48. The van der Waals surface area contributed by atoms with E-state index in [9.17, 15) is 0 Å². The van der Waals surface area contributed by atoms with E-state index in [2.05, 4.69) is 71.8 Å². The Kier molecular flexibility index (Phi) is 5.06. The molecule has 1 aromatic heterocycles. The third kappa shape index (κ3) is 4.09. The Labute approximate surface area is 142 Å². The molecule has 4 heteroatoms. The van der Waals surface area contributed by atoms with Crippen molar-refractivity contribution < 1.29 is 4.42 Å². The molecule has 0 fully saturated rings.